The van der Waals surface area contributed by atoms with Crippen LogP contribution in [0.1, 0.15) is 12.5 Å². The Morgan fingerprint density at radius 1 is 1.32 bits per heavy atom. The summed E-state index contributed by atoms with van der Waals surface area (Å²) in [4.78, 5) is 27.1. The van der Waals surface area contributed by atoms with E-state index < -0.39 is 16.0 Å². The minimum absolute atomic E-state index is 0.00243. The molecular weight excluding hydrogens is 383 g/mol. The van der Waals surface area contributed by atoms with Crippen molar-refractivity contribution in [1.29, 1.82) is 0 Å². The van der Waals surface area contributed by atoms with Crippen LogP contribution in [0, 0.1) is 15.9 Å². The molecule has 0 bridgehead atoms. The van der Waals surface area contributed by atoms with Gasteiger partial charge in [0.05, 0.1) is 22.2 Å². The van der Waals surface area contributed by atoms with Gasteiger partial charge in [0.25, 0.3) is 5.69 Å². The molecule has 0 aliphatic carbocycles. The van der Waals surface area contributed by atoms with Crippen LogP contribution in [0.2, 0.25) is 0 Å². The van der Waals surface area contributed by atoms with E-state index in [9.17, 15) is 19.3 Å². The molecule has 1 heterocycles. The monoisotopic (exact) mass is 400 g/mol. The summed E-state index contributed by atoms with van der Waals surface area (Å²) in [6, 6.07) is 10.8. The van der Waals surface area contributed by atoms with E-state index in [1.807, 2.05) is 0 Å². The number of benzene rings is 2. The molecule has 1 atom stereocenters. The fraction of sp³-hybridized carbons (Fsp3) is 0.158. The summed E-state index contributed by atoms with van der Waals surface area (Å²) in [5.74, 6) is -0.611. The van der Waals surface area contributed by atoms with Crippen LogP contribution in [-0.4, -0.2) is 25.6 Å². The van der Waals surface area contributed by atoms with Gasteiger partial charge in [-0.05, 0) is 36.8 Å². The number of carbonyl (C=O) groups is 1. The van der Waals surface area contributed by atoms with Gasteiger partial charge in [0.2, 0.25) is 5.91 Å². The first-order valence-electron chi connectivity index (χ1n) is 8.39. The fourth-order valence-electron chi connectivity index (χ4n) is 2.51. The lowest BCUT2D eigenvalue weighted by atomic mass is 10.2. The number of nitrogens with one attached hydrogen (secondary N) is 1. The number of rotatable bonds is 7. The average molecular weight is 400 g/mol. The minimum atomic E-state index is -0.470. The van der Waals surface area contributed by atoms with Gasteiger partial charge in [0, 0.05) is 36.0 Å². The number of aromatic nitrogens is 2. The lowest BCUT2D eigenvalue weighted by Crippen LogP contribution is -2.30. The molecule has 0 radical (unpaired) electrons. The van der Waals surface area contributed by atoms with Crippen LogP contribution in [0.3, 0.4) is 0 Å². The molecule has 0 aliphatic heterocycles. The highest BCUT2D eigenvalue weighted by Gasteiger charge is 2.15. The van der Waals surface area contributed by atoms with Crippen LogP contribution in [-0.2, 0) is 11.3 Å². The normalized spacial score (nSPS) is 11.8. The number of nitro groups is 1. The number of carbonyl (C=O) groups excluding carboxylic acids is 1. The van der Waals surface area contributed by atoms with Crippen LogP contribution < -0.4 is 5.32 Å². The topological polar surface area (TPSA) is 90.1 Å². The van der Waals surface area contributed by atoms with Gasteiger partial charge in [-0.3, -0.25) is 14.9 Å². The number of amides is 1. The summed E-state index contributed by atoms with van der Waals surface area (Å²) < 4.78 is 15.8. The van der Waals surface area contributed by atoms with Gasteiger partial charge in [0.1, 0.15) is 5.82 Å². The molecular formula is C19H17FN4O3S. The predicted octanol–water partition coefficient (Wildman–Crippen LogP) is 3.72. The van der Waals surface area contributed by atoms with Crippen molar-refractivity contribution in [2.24, 2.45) is 0 Å². The lowest BCUT2D eigenvalue weighted by molar-refractivity contribution is -0.384. The van der Waals surface area contributed by atoms with Crippen LogP contribution >= 0.6 is 11.8 Å². The fourth-order valence-corrected chi connectivity index (χ4v) is 3.40. The molecule has 1 unspecified atom stereocenters. The highest BCUT2D eigenvalue weighted by atomic mass is 32.2. The van der Waals surface area contributed by atoms with E-state index >= 15 is 0 Å². The molecule has 1 N–H and O–H groups in total. The Kier molecular flexibility index (Phi) is 6.05. The quantitative estimate of drug-likeness (QED) is 0.371. The summed E-state index contributed by atoms with van der Waals surface area (Å²) >= 11 is 1.29. The zero-order valence-electron chi connectivity index (χ0n) is 14.9. The Balaban J connectivity index is 1.56. The molecule has 144 valence electrons. The Morgan fingerprint density at radius 3 is 2.68 bits per heavy atom. The summed E-state index contributed by atoms with van der Waals surface area (Å²) in [5.41, 5.74) is 1.03. The van der Waals surface area contributed by atoms with Crippen molar-refractivity contribution in [2.45, 2.75) is 23.6 Å². The number of halogens is 1. The predicted molar refractivity (Wildman–Crippen MR) is 104 cm³/mol. The smallest absolute Gasteiger partial charge is 0.269 e. The van der Waals surface area contributed by atoms with Gasteiger partial charge >= 0.3 is 0 Å². The highest BCUT2D eigenvalue weighted by molar-refractivity contribution is 8.00. The zero-order valence-corrected chi connectivity index (χ0v) is 15.7. The van der Waals surface area contributed by atoms with E-state index in [4.69, 9.17) is 0 Å². The van der Waals surface area contributed by atoms with E-state index in [1.54, 1.807) is 48.1 Å². The summed E-state index contributed by atoms with van der Waals surface area (Å²) in [6.07, 6.45) is 4.73. The maximum atomic E-state index is 14.3. The van der Waals surface area contributed by atoms with Crippen molar-refractivity contribution >= 4 is 23.4 Å². The third-order valence-electron chi connectivity index (χ3n) is 3.99. The summed E-state index contributed by atoms with van der Waals surface area (Å²) in [6.45, 7) is 1.94. The summed E-state index contributed by atoms with van der Waals surface area (Å²) in [5, 5.41) is 13.0. The highest BCUT2D eigenvalue weighted by Crippen LogP contribution is 2.25. The Labute approximate surface area is 164 Å². The standard InChI is InChI=1S/C19H17FN4O3S/c1-13(28-16-5-3-15(4-6-16)24(26)27)19(25)22-11-14-2-7-18(17(20)10-14)23-9-8-21-12-23/h2-10,12-13H,11H2,1H3,(H,22,25). The molecule has 7 nitrogen and oxygen atoms in total. The molecule has 1 amide bonds. The Bertz CT molecular complexity index is 977. The van der Waals surface area contributed by atoms with Gasteiger partial charge in [-0.25, -0.2) is 9.37 Å². The molecule has 0 saturated carbocycles. The van der Waals surface area contributed by atoms with E-state index in [0.717, 1.165) is 4.90 Å². The molecule has 0 saturated heterocycles. The van der Waals surface area contributed by atoms with E-state index in [2.05, 4.69) is 10.3 Å². The van der Waals surface area contributed by atoms with Crippen LogP contribution in [0.25, 0.3) is 5.69 Å². The number of imidazole rings is 1. The molecule has 2 aromatic carbocycles. The lowest BCUT2D eigenvalue weighted by Gasteiger charge is -2.13. The molecule has 1 aromatic heterocycles. The number of thioether (sulfide) groups is 1. The molecule has 0 aliphatic rings. The maximum Gasteiger partial charge on any atom is 0.269 e. The third kappa shape index (κ3) is 4.74. The van der Waals surface area contributed by atoms with Crippen molar-refractivity contribution in [3.8, 4) is 5.69 Å². The second-order valence-corrected chi connectivity index (χ2v) is 7.40. The molecule has 28 heavy (non-hydrogen) atoms. The first-order valence-corrected chi connectivity index (χ1v) is 9.27. The second kappa shape index (κ2) is 8.66. The van der Waals surface area contributed by atoms with Gasteiger partial charge in [-0.2, -0.15) is 0 Å². The number of hydrogen-bond donors (Lipinski definition) is 1. The SMILES string of the molecule is CC(Sc1ccc([N+](=O)[O-])cc1)C(=O)NCc1ccc(-n2ccnc2)c(F)c1. The largest absolute Gasteiger partial charge is 0.351 e. The first-order chi connectivity index (χ1) is 13.4. The van der Waals surface area contributed by atoms with Crippen LogP contribution in [0.4, 0.5) is 10.1 Å². The van der Waals surface area contributed by atoms with Crippen molar-refractivity contribution in [2.75, 3.05) is 0 Å². The number of hydrogen-bond acceptors (Lipinski definition) is 5. The van der Waals surface area contributed by atoms with Crippen LogP contribution in [0.5, 0.6) is 0 Å². The second-order valence-electron chi connectivity index (χ2n) is 5.98. The molecule has 0 spiro atoms. The van der Waals surface area contributed by atoms with Gasteiger partial charge < -0.3 is 9.88 Å². The number of nitro benzene ring substituents is 1. The van der Waals surface area contributed by atoms with E-state index in [-0.39, 0.29) is 18.1 Å². The number of nitrogens with zero attached hydrogens (tertiary/aromatic N) is 3. The molecule has 9 heteroatoms. The van der Waals surface area contributed by atoms with Crippen molar-refractivity contribution in [1.82, 2.24) is 14.9 Å². The van der Waals surface area contributed by atoms with Gasteiger partial charge in [-0.1, -0.05) is 6.07 Å². The van der Waals surface area contributed by atoms with Gasteiger partial charge in [-0.15, -0.1) is 11.8 Å². The first kappa shape index (κ1) is 19.6. The summed E-state index contributed by atoms with van der Waals surface area (Å²) in [7, 11) is 0. The zero-order chi connectivity index (χ0) is 20.1. The Hall–Kier alpha value is -3.20. The van der Waals surface area contributed by atoms with E-state index in [0.29, 0.717) is 11.3 Å². The van der Waals surface area contributed by atoms with Gasteiger partial charge in [0.15, 0.2) is 0 Å². The molecule has 0 fully saturated rings. The molecule has 3 rings (SSSR count). The maximum absolute atomic E-state index is 14.3. The minimum Gasteiger partial charge on any atom is -0.351 e. The van der Waals surface area contributed by atoms with Crippen molar-refractivity contribution < 1.29 is 14.1 Å². The van der Waals surface area contributed by atoms with E-state index in [1.165, 1.54) is 36.3 Å². The van der Waals surface area contributed by atoms with Crippen LogP contribution in [0.15, 0.2) is 66.1 Å². The molecule has 3 aromatic rings. The Morgan fingerprint density at radius 2 is 2.07 bits per heavy atom. The van der Waals surface area contributed by atoms with Crippen molar-refractivity contribution in [3.63, 3.8) is 0 Å². The number of non-ortho nitro benzene ring substituents is 1. The third-order valence-corrected chi connectivity index (χ3v) is 5.10. The average Bonchev–Trinajstić information content (AvgIpc) is 3.21. The van der Waals surface area contributed by atoms with Crippen molar-refractivity contribution in [3.05, 3.63) is 82.7 Å².